The molecule has 1 amide bonds. The first-order valence-corrected chi connectivity index (χ1v) is 5.96. The third kappa shape index (κ3) is 2.70. The van der Waals surface area contributed by atoms with Crippen LogP contribution in [-0.4, -0.2) is 41.4 Å². The number of benzene rings is 1. The SMILES string of the molecule is C[C@H]1CNCCN1C(=O)c1ccc(F)cc1[N+](=O)[O-]. The number of nitrogens with zero attached hydrogens (tertiary/aromatic N) is 2. The van der Waals surface area contributed by atoms with Gasteiger partial charge >= 0.3 is 0 Å². The summed E-state index contributed by atoms with van der Waals surface area (Å²) in [7, 11) is 0. The van der Waals surface area contributed by atoms with E-state index < -0.39 is 22.3 Å². The molecule has 1 aliphatic rings. The molecule has 1 atom stereocenters. The molecule has 7 heteroatoms. The smallest absolute Gasteiger partial charge is 0.285 e. The maximum Gasteiger partial charge on any atom is 0.285 e. The predicted octanol–water partition coefficient (Wildman–Crippen LogP) is 1.17. The number of rotatable bonds is 2. The fourth-order valence-electron chi connectivity index (χ4n) is 2.13. The molecule has 0 aromatic heterocycles. The van der Waals surface area contributed by atoms with Gasteiger partial charge in [0, 0.05) is 25.7 Å². The minimum absolute atomic E-state index is 0.0501. The first-order chi connectivity index (χ1) is 9.00. The van der Waals surface area contributed by atoms with E-state index in [-0.39, 0.29) is 11.6 Å². The number of amides is 1. The van der Waals surface area contributed by atoms with Crippen LogP contribution in [0.4, 0.5) is 10.1 Å². The number of hydrogen-bond donors (Lipinski definition) is 1. The largest absolute Gasteiger partial charge is 0.333 e. The Morgan fingerprint density at radius 3 is 2.95 bits per heavy atom. The van der Waals surface area contributed by atoms with E-state index in [0.29, 0.717) is 19.6 Å². The second-order valence-corrected chi connectivity index (χ2v) is 4.47. The lowest BCUT2D eigenvalue weighted by atomic mass is 10.1. The van der Waals surface area contributed by atoms with Gasteiger partial charge in [-0.3, -0.25) is 14.9 Å². The zero-order valence-corrected chi connectivity index (χ0v) is 10.4. The zero-order valence-electron chi connectivity index (χ0n) is 10.4. The second-order valence-electron chi connectivity index (χ2n) is 4.47. The summed E-state index contributed by atoms with van der Waals surface area (Å²) in [6.07, 6.45) is 0. The molecule has 0 unspecified atom stereocenters. The van der Waals surface area contributed by atoms with Crippen molar-refractivity contribution in [3.05, 3.63) is 39.7 Å². The summed E-state index contributed by atoms with van der Waals surface area (Å²) in [5.41, 5.74) is -0.559. The summed E-state index contributed by atoms with van der Waals surface area (Å²) in [4.78, 5) is 24.0. The Morgan fingerprint density at radius 2 is 2.32 bits per heavy atom. The van der Waals surface area contributed by atoms with Gasteiger partial charge in [-0.05, 0) is 19.1 Å². The number of hydrogen-bond acceptors (Lipinski definition) is 4. The molecule has 19 heavy (non-hydrogen) atoms. The minimum Gasteiger partial charge on any atom is -0.333 e. The van der Waals surface area contributed by atoms with Crippen LogP contribution in [0.3, 0.4) is 0 Å². The van der Waals surface area contributed by atoms with Crippen molar-refractivity contribution in [2.75, 3.05) is 19.6 Å². The van der Waals surface area contributed by atoms with Gasteiger partial charge in [0.2, 0.25) is 0 Å². The normalized spacial score (nSPS) is 19.3. The Morgan fingerprint density at radius 1 is 1.58 bits per heavy atom. The molecule has 1 saturated heterocycles. The standard InChI is InChI=1S/C12H14FN3O3/c1-8-7-14-4-5-15(8)12(17)10-3-2-9(13)6-11(10)16(18)19/h2-3,6,8,14H,4-5,7H2,1H3/t8-/m0/s1. The summed E-state index contributed by atoms with van der Waals surface area (Å²) in [5, 5.41) is 14.0. The van der Waals surface area contributed by atoms with Crippen molar-refractivity contribution in [3.63, 3.8) is 0 Å². The Bertz CT molecular complexity index is 521. The summed E-state index contributed by atoms with van der Waals surface area (Å²) < 4.78 is 13.1. The van der Waals surface area contributed by atoms with Crippen molar-refractivity contribution in [1.82, 2.24) is 10.2 Å². The number of piperazine rings is 1. The van der Waals surface area contributed by atoms with E-state index >= 15 is 0 Å². The third-order valence-corrected chi connectivity index (χ3v) is 3.15. The van der Waals surface area contributed by atoms with Crippen LogP contribution in [0.1, 0.15) is 17.3 Å². The molecule has 0 bridgehead atoms. The molecule has 1 aromatic carbocycles. The fourth-order valence-corrected chi connectivity index (χ4v) is 2.13. The number of nitro benzene ring substituents is 1. The average Bonchev–Trinajstić information content (AvgIpc) is 2.38. The highest BCUT2D eigenvalue weighted by atomic mass is 19.1. The molecule has 1 aliphatic heterocycles. The Kier molecular flexibility index (Phi) is 3.75. The molecule has 1 heterocycles. The van der Waals surface area contributed by atoms with Gasteiger partial charge in [-0.2, -0.15) is 0 Å². The number of halogens is 1. The topological polar surface area (TPSA) is 75.5 Å². The lowest BCUT2D eigenvalue weighted by Crippen LogP contribution is -2.52. The van der Waals surface area contributed by atoms with Crippen molar-refractivity contribution in [1.29, 1.82) is 0 Å². The Labute approximate surface area is 109 Å². The number of carbonyl (C=O) groups is 1. The summed E-state index contributed by atoms with van der Waals surface area (Å²) in [6.45, 7) is 3.62. The molecule has 2 rings (SSSR count). The molecule has 1 N–H and O–H groups in total. The van der Waals surface area contributed by atoms with E-state index in [1.807, 2.05) is 6.92 Å². The van der Waals surface area contributed by atoms with Gasteiger partial charge < -0.3 is 10.2 Å². The predicted molar refractivity (Wildman–Crippen MR) is 66.4 cm³/mol. The second kappa shape index (κ2) is 5.31. The van der Waals surface area contributed by atoms with Gasteiger partial charge in [-0.1, -0.05) is 0 Å². The van der Waals surface area contributed by atoms with E-state index in [4.69, 9.17) is 0 Å². The maximum atomic E-state index is 13.1. The van der Waals surface area contributed by atoms with Crippen LogP contribution in [0.2, 0.25) is 0 Å². The summed E-state index contributed by atoms with van der Waals surface area (Å²) in [5.74, 6) is -1.16. The van der Waals surface area contributed by atoms with Crippen molar-refractivity contribution in [2.45, 2.75) is 13.0 Å². The molecule has 102 valence electrons. The minimum atomic E-state index is -0.733. The Hall–Kier alpha value is -2.02. The third-order valence-electron chi connectivity index (χ3n) is 3.15. The molecular weight excluding hydrogens is 253 g/mol. The van der Waals surface area contributed by atoms with Crippen LogP contribution in [0.15, 0.2) is 18.2 Å². The number of nitro groups is 1. The highest BCUT2D eigenvalue weighted by Crippen LogP contribution is 2.22. The van der Waals surface area contributed by atoms with Crippen molar-refractivity contribution in [3.8, 4) is 0 Å². The molecule has 0 saturated carbocycles. The van der Waals surface area contributed by atoms with Crippen LogP contribution >= 0.6 is 0 Å². The van der Waals surface area contributed by atoms with E-state index in [1.54, 1.807) is 4.90 Å². The highest BCUT2D eigenvalue weighted by Gasteiger charge is 2.29. The molecule has 6 nitrogen and oxygen atoms in total. The van der Waals surface area contributed by atoms with Gasteiger partial charge in [0.1, 0.15) is 11.4 Å². The molecule has 0 radical (unpaired) electrons. The molecule has 1 aromatic rings. The van der Waals surface area contributed by atoms with E-state index in [0.717, 1.165) is 12.1 Å². The van der Waals surface area contributed by atoms with Gasteiger partial charge in [0.05, 0.1) is 11.0 Å². The average molecular weight is 267 g/mol. The lowest BCUT2D eigenvalue weighted by Gasteiger charge is -2.33. The maximum absolute atomic E-state index is 13.1. The first-order valence-electron chi connectivity index (χ1n) is 5.96. The van der Waals surface area contributed by atoms with Gasteiger partial charge in [0.25, 0.3) is 11.6 Å². The van der Waals surface area contributed by atoms with Gasteiger partial charge in [0.15, 0.2) is 0 Å². The van der Waals surface area contributed by atoms with Crippen molar-refractivity contribution < 1.29 is 14.1 Å². The molecule has 0 aliphatic carbocycles. The van der Waals surface area contributed by atoms with E-state index in [1.165, 1.54) is 6.07 Å². The zero-order chi connectivity index (χ0) is 14.0. The van der Waals surface area contributed by atoms with Crippen LogP contribution < -0.4 is 5.32 Å². The monoisotopic (exact) mass is 267 g/mol. The Balaban J connectivity index is 2.35. The number of nitrogens with one attached hydrogen (secondary N) is 1. The first kappa shape index (κ1) is 13.4. The van der Waals surface area contributed by atoms with E-state index in [2.05, 4.69) is 5.32 Å². The highest BCUT2D eigenvalue weighted by molar-refractivity contribution is 5.98. The quantitative estimate of drug-likeness (QED) is 0.644. The molecule has 1 fully saturated rings. The molecular formula is C12H14FN3O3. The van der Waals surface area contributed by atoms with Crippen LogP contribution in [0, 0.1) is 15.9 Å². The summed E-state index contributed by atoms with van der Waals surface area (Å²) >= 11 is 0. The van der Waals surface area contributed by atoms with Crippen LogP contribution in [0.5, 0.6) is 0 Å². The van der Waals surface area contributed by atoms with Crippen molar-refractivity contribution >= 4 is 11.6 Å². The van der Waals surface area contributed by atoms with Gasteiger partial charge in [-0.15, -0.1) is 0 Å². The van der Waals surface area contributed by atoms with Crippen LogP contribution in [-0.2, 0) is 0 Å². The fraction of sp³-hybridized carbons (Fsp3) is 0.417. The number of carbonyl (C=O) groups excluding carboxylic acids is 1. The lowest BCUT2D eigenvalue weighted by molar-refractivity contribution is -0.385. The molecule has 0 spiro atoms. The summed E-state index contributed by atoms with van der Waals surface area (Å²) in [6, 6.07) is 2.96. The van der Waals surface area contributed by atoms with Crippen LogP contribution in [0.25, 0.3) is 0 Å². The van der Waals surface area contributed by atoms with Gasteiger partial charge in [-0.25, -0.2) is 4.39 Å². The van der Waals surface area contributed by atoms with Crippen molar-refractivity contribution in [2.24, 2.45) is 0 Å². The van der Waals surface area contributed by atoms with E-state index in [9.17, 15) is 19.3 Å².